The first kappa shape index (κ1) is 23.9. The number of rotatable bonds is 7. The van der Waals surface area contributed by atoms with Gasteiger partial charge in [0.1, 0.15) is 11.6 Å². The first-order valence-electron chi connectivity index (χ1n) is 10.4. The Morgan fingerprint density at radius 2 is 1.85 bits per heavy atom. The number of hydrazine groups is 1. The van der Waals surface area contributed by atoms with E-state index in [0.717, 1.165) is 33.9 Å². The van der Waals surface area contributed by atoms with Crippen molar-refractivity contribution in [1.82, 2.24) is 15.3 Å². The topological polar surface area (TPSA) is 94.6 Å². The molecule has 3 N–H and O–H groups in total. The van der Waals surface area contributed by atoms with E-state index in [1.165, 1.54) is 0 Å². The molecule has 0 aliphatic rings. The van der Waals surface area contributed by atoms with Crippen molar-refractivity contribution in [2.45, 2.75) is 45.2 Å². The standard InChI is InChI=1S/C24H26F2N4O3/c1-24(2,3)30(23(32)33)18(13-16-12-17(25)8-9-20(16)26)14-21(31)28-29-22-19-7-5-4-6-15(19)10-11-27-22/h4-12,18H,13-14H2,1-3H3,(H,27,29)(H,28,31)(H,32,33)/t18-/m1/s1. The van der Waals surface area contributed by atoms with Gasteiger partial charge in [0, 0.05) is 29.6 Å². The Bertz CT molecular complexity index is 1160. The summed E-state index contributed by atoms with van der Waals surface area (Å²) in [6.45, 7) is 5.02. The number of hydrogen-bond acceptors (Lipinski definition) is 4. The summed E-state index contributed by atoms with van der Waals surface area (Å²) in [4.78, 5) is 30.1. The number of nitrogens with zero attached hydrogens (tertiary/aromatic N) is 2. The minimum absolute atomic E-state index is 0.00743. The molecule has 0 aliphatic heterocycles. The monoisotopic (exact) mass is 456 g/mol. The number of anilines is 1. The van der Waals surface area contributed by atoms with Crippen molar-refractivity contribution in [3.63, 3.8) is 0 Å². The molecule has 2 aromatic carbocycles. The molecule has 2 amide bonds. The van der Waals surface area contributed by atoms with Crippen LogP contribution in [0.2, 0.25) is 0 Å². The van der Waals surface area contributed by atoms with Crippen molar-refractivity contribution in [2.24, 2.45) is 0 Å². The zero-order chi connectivity index (χ0) is 24.2. The largest absolute Gasteiger partial charge is 0.465 e. The van der Waals surface area contributed by atoms with E-state index in [0.29, 0.717) is 5.82 Å². The number of carbonyl (C=O) groups is 2. The maximum absolute atomic E-state index is 14.3. The zero-order valence-electron chi connectivity index (χ0n) is 18.6. The van der Waals surface area contributed by atoms with Crippen LogP contribution in [-0.4, -0.2) is 38.6 Å². The molecule has 1 atom stereocenters. The molecule has 3 rings (SSSR count). The number of carboxylic acid groups (broad SMARTS) is 1. The van der Waals surface area contributed by atoms with Crippen LogP contribution < -0.4 is 10.9 Å². The van der Waals surface area contributed by atoms with Gasteiger partial charge < -0.3 is 5.11 Å². The Morgan fingerprint density at radius 3 is 2.55 bits per heavy atom. The molecule has 0 aliphatic carbocycles. The second-order valence-corrected chi connectivity index (χ2v) is 8.68. The number of benzene rings is 2. The van der Waals surface area contributed by atoms with Crippen molar-refractivity contribution < 1.29 is 23.5 Å². The normalized spacial score (nSPS) is 12.3. The van der Waals surface area contributed by atoms with Crippen LogP contribution in [0.4, 0.5) is 19.4 Å². The molecule has 0 spiro atoms. The maximum atomic E-state index is 14.3. The van der Waals surface area contributed by atoms with Crippen molar-refractivity contribution in [3.05, 3.63) is 71.9 Å². The molecule has 1 aromatic heterocycles. The zero-order valence-corrected chi connectivity index (χ0v) is 18.6. The summed E-state index contributed by atoms with van der Waals surface area (Å²) in [5.74, 6) is -1.41. The first-order valence-corrected chi connectivity index (χ1v) is 10.4. The second-order valence-electron chi connectivity index (χ2n) is 8.68. The highest BCUT2D eigenvalue weighted by atomic mass is 19.1. The molecule has 0 saturated heterocycles. The number of halogens is 2. The van der Waals surface area contributed by atoms with E-state index in [1.807, 2.05) is 30.3 Å². The van der Waals surface area contributed by atoms with Gasteiger partial charge in [0.15, 0.2) is 5.82 Å². The van der Waals surface area contributed by atoms with Gasteiger partial charge in [0.25, 0.3) is 0 Å². The van der Waals surface area contributed by atoms with Crippen molar-refractivity contribution in [1.29, 1.82) is 0 Å². The Labute approximate surface area is 190 Å². The maximum Gasteiger partial charge on any atom is 0.408 e. The highest BCUT2D eigenvalue weighted by Gasteiger charge is 2.35. The summed E-state index contributed by atoms with van der Waals surface area (Å²) in [6.07, 6.45) is -0.122. The molecule has 3 aromatic rings. The fourth-order valence-electron chi connectivity index (χ4n) is 3.81. The summed E-state index contributed by atoms with van der Waals surface area (Å²) < 4.78 is 28.0. The van der Waals surface area contributed by atoms with Crippen LogP contribution in [0.5, 0.6) is 0 Å². The third-order valence-electron chi connectivity index (χ3n) is 5.17. The number of nitrogens with one attached hydrogen (secondary N) is 2. The first-order chi connectivity index (χ1) is 15.6. The predicted octanol–water partition coefficient (Wildman–Crippen LogP) is 4.74. The number of pyridine rings is 1. The molecule has 0 fully saturated rings. The Hall–Kier alpha value is -3.75. The van der Waals surface area contributed by atoms with Gasteiger partial charge in [-0.05, 0) is 62.4 Å². The lowest BCUT2D eigenvalue weighted by molar-refractivity contribution is -0.122. The lowest BCUT2D eigenvalue weighted by Gasteiger charge is -2.39. The number of aromatic nitrogens is 1. The van der Waals surface area contributed by atoms with E-state index >= 15 is 0 Å². The van der Waals surface area contributed by atoms with Crippen LogP contribution in [-0.2, 0) is 11.2 Å². The molecule has 33 heavy (non-hydrogen) atoms. The average Bonchev–Trinajstić information content (AvgIpc) is 2.73. The number of carbonyl (C=O) groups excluding carboxylic acids is 1. The highest BCUT2D eigenvalue weighted by molar-refractivity contribution is 5.92. The van der Waals surface area contributed by atoms with E-state index in [-0.39, 0.29) is 18.4 Å². The number of hydrogen-bond donors (Lipinski definition) is 3. The third-order valence-corrected chi connectivity index (χ3v) is 5.17. The van der Waals surface area contributed by atoms with Crippen LogP contribution in [0.15, 0.2) is 54.7 Å². The van der Waals surface area contributed by atoms with Gasteiger partial charge in [0.05, 0.1) is 0 Å². The van der Waals surface area contributed by atoms with Crippen LogP contribution in [0.25, 0.3) is 10.8 Å². The fourth-order valence-corrected chi connectivity index (χ4v) is 3.81. The third kappa shape index (κ3) is 5.94. The van der Waals surface area contributed by atoms with Gasteiger partial charge in [-0.2, -0.15) is 0 Å². The molecule has 174 valence electrons. The second kappa shape index (κ2) is 9.81. The summed E-state index contributed by atoms with van der Waals surface area (Å²) in [6, 6.07) is 11.3. The minimum atomic E-state index is -1.26. The molecule has 0 unspecified atom stereocenters. The van der Waals surface area contributed by atoms with Crippen LogP contribution in [0.1, 0.15) is 32.8 Å². The molecule has 9 heteroatoms. The van der Waals surface area contributed by atoms with E-state index in [9.17, 15) is 23.5 Å². The van der Waals surface area contributed by atoms with E-state index < -0.39 is 35.2 Å². The SMILES string of the molecule is CC(C)(C)N(C(=O)O)[C@@H](CC(=O)NNc1nccc2ccccc12)Cc1cc(F)ccc1F. The van der Waals surface area contributed by atoms with Gasteiger partial charge >= 0.3 is 6.09 Å². The molecular formula is C24H26F2N4O3. The smallest absolute Gasteiger partial charge is 0.408 e. The van der Waals surface area contributed by atoms with E-state index in [4.69, 9.17) is 0 Å². The van der Waals surface area contributed by atoms with Gasteiger partial charge in [-0.3, -0.25) is 20.5 Å². The predicted molar refractivity (Wildman–Crippen MR) is 122 cm³/mol. The Morgan fingerprint density at radius 1 is 1.12 bits per heavy atom. The van der Waals surface area contributed by atoms with Crippen molar-refractivity contribution in [3.8, 4) is 0 Å². The number of amides is 2. The van der Waals surface area contributed by atoms with Crippen molar-refractivity contribution in [2.75, 3.05) is 5.43 Å². The number of fused-ring (bicyclic) bond motifs is 1. The lowest BCUT2D eigenvalue weighted by Crippen LogP contribution is -2.53. The molecule has 7 nitrogen and oxygen atoms in total. The molecule has 1 heterocycles. The summed E-state index contributed by atoms with van der Waals surface area (Å²) >= 11 is 0. The van der Waals surface area contributed by atoms with Gasteiger partial charge in [-0.15, -0.1) is 0 Å². The van der Waals surface area contributed by atoms with Crippen molar-refractivity contribution >= 4 is 28.6 Å². The van der Waals surface area contributed by atoms with E-state index in [2.05, 4.69) is 15.8 Å². The molecule has 0 radical (unpaired) electrons. The van der Waals surface area contributed by atoms with Crippen LogP contribution >= 0.6 is 0 Å². The van der Waals surface area contributed by atoms with Gasteiger partial charge in [-0.1, -0.05) is 24.3 Å². The highest BCUT2D eigenvalue weighted by Crippen LogP contribution is 2.24. The van der Waals surface area contributed by atoms with Gasteiger partial charge in [0.2, 0.25) is 5.91 Å². The summed E-state index contributed by atoms with van der Waals surface area (Å²) in [7, 11) is 0. The van der Waals surface area contributed by atoms with E-state index in [1.54, 1.807) is 27.0 Å². The van der Waals surface area contributed by atoms with Gasteiger partial charge in [-0.25, -0.2) is 18.6 Å². The molecule has 0 saturated carbocycles. The fraction of sp³-hybridized carbons (Fsp3) is 0.292. The van der Waals surface area contributed by atoms with Crippen LogP contribution in [0, 0.1) is 11.6 Å². The Balaban J connectivity index is 1.81. The average molecular weight is 456 g/mol. The molecular weight excluding hydrogens is 430 g/mol. The Kier molecular flexibility index (Phi) is 7.10. The lowest BCUT2D eigenvalue weighted by atomic mass is 9.96. The minimum Gasteiger partial charge on any atom is -0.465 e. The summed E-state index contributed by atoms with van der Waals surface area (Å²) in [5, 5.41) is 11.5. The molecule has 0 bridgehead atoms. The quantitative estimate of drug-likeness (QED) is 0.447. The summed E-state index contributed by atoms with van der Waals surface area (Å²) in [5.41, 5.74) is 4.42. The van der Waals surface area contributed by atoms with Crippen LogP contribution in [0.3, 0.4) is 0 Å².